The molecule has 0 amide bonds. The molecule has 4 heterocycles. The first kappa shape index (κ1) is 64.9. The van der Waals surface area contributed by atoms with Crippen LogP contribution in [0.4, 0.5) is 0 Å². The molecule has 5 rings (SSSR count). The number of ketones is 1. The highest BCUT2D eigenvalue weighted by Crippen LogP contribution is 2.42. The molecule has 18 atom stereocenters. The van der Waals surface area contributed by atoms with E-state index in [-0.39, 0.29) is 67.8 Å². The Morgan fingerprint density at radius 3 is 2.13 bits per heavy atom. The minimum absolute atomic E-state index is 0.0208. The second-order valence-corrected chi connectivity index (χ2v) is 24.3. The van der Waals surface area contributed by atoms with Gasteiger partial charge in [-0.15, -0.1) is 0 Å². The van der Waals surface area contributed by atoms with Crippen molar-refractivity contribution in [3.05, 3.63) is 40.2 Å². The third kappa shape index (κ3) is 14.6. The van der Waals surface area contributed by atoms with E-state index in [1.54, 1.807) is 79.7 Å². The highest BCUT2D eigenvalue weighted by molar-refractivity contribution is 7.86. The molecule has 0 radical (unpaired) electrons. The van der Waals surface area contributed by atoms with Gasteiger partial charge in [-0.25, -0.2) is 4.79 Å². The van der Waals surface area contributed by atoms with Gasteiger partial charge in [-0.3, -0.25) is 23.2 Å². The number of aliphatic hydroxyl groups is 3. The fraction of sp³-hybridized carbons (Fsp3) is 0.778. The van der Waals surface area contributed by atoms with E-state index in [1.165, 1.54) is 45.0 Å². The zero-order valence-electron chi connectivity index (χ0n) is 48.3. The monoisotopic (exact) mass is 1130 g/mol. The zero-order chi connectivity index (χ0) is 58.6. The van der Waals surface area contributed by atoms with E-state index in [0.29, 0.717) is 17.7 Å². The number of cyclic esters (lactones) is 1. The molecule has 1 aromatic heterocycles. The minimum Gasteiger partial charge on any atom is -0.492 e. The maximum atomic E-state index is 14.6. The minimum atomic E-state index is -4.24. The van der Waals surface area contributed by atoms with E-state index < -0.39 is 129 Å². The van der Waals surface area contributed by atoms with Crippen LogP contribution < -0.4 is 20.5 Å². The molecular weight excluding hydrogens is 1040 g/mol. The summed E-state index contributed by atoms with van der Waals surface area (Å²) in [6.07, 6.45) is -9.43. The summed E-state index contributed by atoms with van der Waals surface area (Å²) in [5, 5.41) is 49.6. The average molecular weight is 1130 g/mol. The lowest BCUT2D eigenvalue weighted by molar-refractivity contribution is -0.317. The smallest absolute Gasteiger partial charge is 0.341 e. The third-order valence-corrected chi connectivity index (χ3v) is 17.4. The maximum absolute atomic E-state index is 14.6. The van der Waals surface area contributed by atoms with Gasteiger partial charge in [-0.2, -0.15) is 8.42 Å². The first-order chi connectivity index (χ1) is 36.3. The number of aromatic nitrogens is 1. The predicted octanol–water partition coefficient (Wildman–Crippen LogP) is 2.67. The summed E-state index contributed by atoms with van der Waals surface area (Å²) in [5.74, 6) is -6.45. The van der Waals surface area contributed by atoms with Gasteiger partial charge in [0, 0.05) is 89.3 Å². The van der Waals surface area contributed by atoms with Crippen LogP contribution in [0.3, 0.4) is 0 Å². The van der Waals surface area contributed by atoms with Gasteiger partial charge in [-0.1, -0.05) is 27.7 Å². The lowest BCUT2D eigenvalue weighted by Crippen LogP contribution is -2.62. The standard InChI is InChI=1S/C54H88N4O19S/c1-17-40-54(10,66)46(62)31(4)42(59)29(2)26-52(8,69-15)47(76-51-44(61)39(56(11)12)24-30(3)72-51)32(5)45(33(6)50(65)74-40)75-41-27-53(9,70-16)48(34(7)73-41)77-78(67,68)23-21-55-20-22-71-35-18-19-36-38(25-35)58(57(13)14)28-37(43(36)60)49(63)64/h18-19,25,28-34,39-41,44-48,51,55,61-62,66H,17,20-24,26-27H2,1-16H3,(H,63,64)/t29-,30-,31+,32+,33-,34+,39+,40-,41+,44-,45+,46-,47-,48+,51+,52-,53-,54-/m1/s1. The molecule has 78 heavy (non-hydrogen) atoms. The zero-order valence-corrected chi connectivity index (χ0v) is 49.1. The average Bonchev–Trinajstić information content (AvgIpc) is 3.37. The van der Waals surface area contributed by atoms with Gasteiger partial charge in [0.05, 0.1) is 58.9 Å². The number of carbonyl (C=O) groups is 3. The quantitative estimate of drug-likeness (QED) is 0.0768. The SMILES string of the molecule is CC[C@H]1OC(=O)[C@H](C)[C@@H](O[C@H]2C[C@@](C)(OC)[C@@H](OS(=O)(=O)CCNCCOc3ccc4c(=O)c(C(=O)O)cn(N(C)C)c4c3)[C@H](C)O2)[C@H](C)[C@@H](O[C@@H]2O[C@H](C)C[C@H](N(C)C)[C@H]2O)[C@](C)(OC)C[C@@H](C)C(=O)[C@H](C)[C@@H](O)[C@]1(C)O. The predicted molar refractivity (Wildman–Crippen MR) is 287 cm³/mol. The van der Waals surface area contributed by atoms with Crippen molar-refractivity contribution in [2.24, 2.45) is 23.7 Å². The molecule has 3 aliphatic rings. The van der Waals surface area contributed by atoms with E-state index in [9.17, 15) is 48.0 Å². The summed E-state index contributed by atoms with van der Waals surface area (Å²) in [4.78, 5) is 55.2. The summed E-state index contributed by atoms with van der Waals surface area (Å²) in [6.45, 7) is 16.8. The van der Waals surface area contributed by atoms with Crippen molar-refractivity contribution in [1.82, 2.24) is 14.9 Å². The van der Waals surface area contributed by atoms with E-state index in [1.807, 2.05) is 25.9 Å². The van der Waals surface area contributed by atoms with Crippen LogP contribution in [0.1, 0.15) is 105 Å². The van der Waals surface area contributed by atoms with Gasteiger partial charge >= 0.3 is 11.9 Å². The molecule has 23 nitrogen and oxygen atoms in total. The summed E-state index contributed by atoms with van der Waals surface area (Å²) < 4.78 is 85.5. The number of Topliss-reactive ketones (excluding diaryl/α,β-unsaturated/α-hetero) is 1. The lowest BCUT2D eigenvalue weighted by atomic mass is 9.74. The number of carbonyl (C=O) groups excluding carboxylic acids is 2. The molecule has 24 heteroatoms. The van der Waals surface area contributed by atoms with E-state index in [4.69, 9.17) is 42.1 Å². The number of benzene rings is 1. The van der Waals surface area contributed by atoms with Crippen molar-refractivity contribution in [3.8, 4) is 5.75 Å². The number of likely N-dealkylation sites (N-methyl/N-ethyl adjacent to an activating group) is 1. The number of carboxylic acid groups (broad SMARTS) is 1. The number of pyridine rings is 1. The second kappa shape index (κ2) is 26.4. The molecule has 1 aromatic carbocycles. The summed E-state index contributed by atoms with van der Waals surface area (Å²) in [6, 6.07) is 4.30. The molecule has 0 aliphatic carbocycles. The number of carboxylic acids is 1. The Morgan fingerprint density at radius 1 is 0.897 bits per heavy atom. The van der Waals surface area contributed by atoms with Crippen LogP contribution in [-0.2, 0) is 57.0 Å². The van der Waals surface area contributed by atoms with Crippen LogP contribution in [0.5, 0.6) is 5.75 Å². The van der Waals surface area contributed by atoms with Crippen molar-refractivity contribution in [2.45, 2.75) is 179 Å². The number of ether oxygens (including phenoxy) is 8. The number of aromatic carboxylic acids is 1. The molecule has 2 aromatic rings. The summed E-state index contributed by atoms with van der Waals surface area (Å²) >= 11 is 0. The first-order valence-corrected chi connectivity index (χ1v) is 28.4. The van der Waals surface area contributed by atoms with Gasteiger partial charge in [-0.05, 0) is 87.0 Å². The van der Waals surface area contributed by atoms with E-state index in [0.717, 1.165) is 0 Å². The molecule has 3 saturated heterocycles. The summed E-state index contributed by atoms with van der Waals surface area (Å²) in [5.41, 5.74) is -5.36. The largest absolute Gasteiger partial charge is 0.492 e. The van der Waals surface area contributed by atoms with Crippen molar-refractivity contribution in [1.29, 1.82) is 0 Å². The van der Waals surface area contributed by atoms with Crippen molar-refractivity contribution in [3.63, 3.8) is 0 Å². The highest BCUT2D eigenvalue weighted by Gasteiger charge is 2.55. The fourth-order valence-electron chi connectivity index (χ4n) is 11.4. The Labute approximate surface area is 459 Å². The molecule has 0 saturated carbocycles. The number of hydrogen-bond acceptors (Lipinski definition) is 21. The van der Waals surface area contributed by atoms with Crippen LogP contribution in [-0.4, -0.2) is 208 Å². The molecule has 0 unspecified atom stereocenters. The number of aliphatic hydroxyl groups excluding tert-OH is 2. The van der Waals surface area contributed by atoms with Crippen LogP contribution >= 0.6 is 0 Å². The second-order valence-electron chi connectivity index (χ2n) is 22.6. The van der Waals surface area contributed by atoms with Crippen LogP contribution in [0.15, 0.2) is 29.2 Å². The van der Waals surface area contributed by atoms with Gasteiger partial charge < -0.3 is 73.5 Å². The fourth-order valence-corrected chi connectivity index (χ4v) is 12.6. The van der Waals surface area contributed by atoms with Gasteiger partial charge in [0.2, 0.25) is 5.43 Å². The molecule has 0 bridgehead atoms. The number of fused-ring (bicyclic) bond motifs is 1. The van der Waals surface area contributed by atoms with Gasteiger partial charge in [0.15, 0.2) is 12.6 Å². The van der Waals surface area contributed by atoms with Crippen LogP contribution in [0.25, 0.3) is 10.9 Å². The van der Waals surface area contributed by atoms with E-state index in [2.05, 4.69) is 5.32 Å². The lowest BCUT2D eigenvalue weighted by Gasteiger charge is -2.50. The maximum Gasteiger partial charge on any atom is 0.341 e. The Bertz CT molecular complexity index is 2550. The molecule has 3 fully saturated rings. The molecule has 3 aliphatic heterocycles. The number of rotatable bonds is 19. The van der Waals surface area contributed by atoms with Gasteiger partial charge in [0.25, 0.3) is 10.1 Å². The van der Waals surface area contributed by atoms with Crippen molar-refractivity contribution < 1.29 is 85.3 Å². The molecule has 5 N–H and O–H groups in total. The molecular formula is C54H88N4O19S. The number of methoxy groups -OCH3 is 2. The Kier molecular flexibility index (Phi) is 21.9. The van der Waals surface area contributed by atoms with Gasteiger partial charge in [0.1, 0.15) is 47.6 Å². The number of esters is 1. The normalized spacial score (nSPS) is 36.7. The van der Waals surface area contributed by atoms with Crippen molar-refractivity contribution >= 4 is 38.7 Å². The van der Waals surface area contributed by atoms with Crippen LogP contribution in [0.2, 0.25) is 0 Å². The third-order valence-electron chi connectivity index (χ3n) is 16.2. The number of nitrogens with zero attached hydrogens (tertiary/aromatic N) is 3. The first-order valence-electron chi connectivity index (χ1n) is 26.8. The van der Waals surface area contributed by atoms with Crippen molar-refractivity contribution in [2.75, 3.05) is 72.9 Å². The summed E-state index contributed by atoms with van der Waals surface area (Å²) in [7, 11) is 5.72. The topological polar surface area (TPSA) is 290 Å². The Hall–Kier alpha value is -3.89. The molecule has 0 spiro atoms. The molecule has 444 valence electrons. The van der Waals surface area contributed by atoms with Crippen LogP contribution in [0, 0.1) is 23.7 Å². The number of hydrogen-bond donors (Lipinski definition) is 5. The number of nitrogens with one attached hydrogen (secondary N) is 1. The van der Waals surface area contributed by atoms with E-state index >= 15 is 0 Å². The highest BCUT2D eigenvalue weighted by atomic mass is 32.2. The Morgan fingerprint density at radius 2 is 1.54 bits per heavy atom. The Balaban J connectivity index is 1.37.